The van der Waals surface area contributed by atoms with Crippen molar-refractivity contribution in [2.75, 3.05) is 39.0 Å². The van der Waals surface area contributed by atoms with E-state index in [1.165, 1.54) is 19.4 Å². The van der Waals surface area contributed by atoms with Crippen LogP contribution in [0.4, 0.5) is 5.69 Å². The van der Waals surface area contributed by atoms with Gasteiger partial charge in [-0.05, 0) is 39.0 Å². The SMILES string of the molecule is CCN1CCCC1CN(C)CC(O)c1ccccc1N. The Kier molecular flexibility index (Phi) is 5.40. The lowest BCUT2D eigenvalue weighted by Gasteiger charge is -2.29. The monoisotopic (exact) mass is 277 g/mol. The normalized spacial score (nSPS) is 21.5. The standard InChI is InChI=1S/C16H27N3O/c1-3-19-10-6-7-13(19)11-18(2)12-16(20)14-8-4-5-9-15(14)17/h4-5,8-9,13,16,20H,3,6-7,10-12,17H2,1-2H3. The average molecular weight is 277 g/mol. The highest BCUT2D eigenvalue weighted by Gasteiger charge is 2.24. The summed E-state index contributed by atoms with van der Waals surface area (Å²) in [4.78, 5) is 4.75. The lowest BCUT2D eigenvalue weighted by molar-refractivity contribution is 0.110. The van der Waals surface area contributed by atoms with Crippen molar-refractivity contribution in [1.82, 2.24) is 9.80 Å². The van der Waals surface area contributed by atoms with E-state index in [9.17, 15) is 5.11 Å². The van der Waals surface area contributed by atoms with Gasteiger partial charge in [0.2, 0.25) is 0 Å². The highest BCUT2D eigenvalue weighted by Crippen LogP contribution is 2.22. The Morgan fingerprint density at radius 1 is 1.45 bits per heavy atom. The van der Waals surface area contributed by atoms with Gasteiger partial charge < -0.3 is 15.7 Å². The van der Waals surface area contributed by atoms with Crippen LogP contribution in [-0.4, -0.2) is 54.2 Å². The van der Waals surface area contributed by atoms with E-state index in [2.05, 4.69) is 23.8 Å². The molecule has 2 unspecified atom stereocenters. The molecule has 0 aliphatic carbocycles. The molecule has 0 spiro atoms. The average Bonchev–Trinajstić information content (AvgIpc) is 2.86. The second-order valence-electron chi connectivity index (χ2n) is 5.79. The van der Waals surface area contributed by atoms with Gasteiger partial charge in [-0.25, -0.2) is 0 Å². The number of hydrogen-bond donors (Lipinski definition) is 2. The van der Waals surface area contributed by atoms with Crippen molar-refractivity contribution in [3.8, 4) is 0 Å². The van der Waals surface area contributed by atoms with E-state index in [0.717, 1.165) is 18.7 Å². The Labute approximate surface area is 122 Å². The molecule has 2 atom stereocenters. The molecule has 3 N–H and O–H groups in total. The molecule has 20 heavy (non-hydrogen) atoms. The largest absolute Gasteiger partial charge is 0.398 e. The first-order chi connectivity index (χ1) is 9.61. The molecular weight excluding hydrogens is 250 g/mol. The summed E-state index contributed by atoms with van der Waals surface area (Å²) in [5.41, 5.74) is 7.42. The van der Waals surface area contributed by atoms with Gasteiger partial charge in [-0.2, -0.15) is 0 Å². The van der Waals surface area contributed by atoms with E-state index >= 15 is 0 Å². The van der Waals surface area contributed by atoms with Gasteiger partial charge in [-0.1, -0.05) is 25.1 Å². The van der Waals surface area contributed by atoms with Crippen LogP contribution in [0.1, 0.15) is 31.4 Å². The van der Waals surface area contributed by atoms with Crippen LogP contribution in [-0.2, 0) is 0 Å². The van der Waals surface area contributed by atoms with Gasteiger partial charge in [-0.3, -0.25) is 4.90 Å². The van der Waals surface area contributed by atoms with Crippen molar-refractivity contribution < 1.29 is 5.11 Å². The van der Waals surface area contributed by atoms with Gasteiger partial charge in [-0.15, -0.1) is 0 Å². The van der Waals surface area contributed by atoms with Crippen LogP contribution >= 0.6 is 0 Å². The van der Waals surface area contributed by atoms with Gasteiger partial charge >= 0.3 is 0 Å². The summed E-state index contributed by atoms with van der Waals surface area (Å²) in [5.74, 6) is 0. The number of nitrogens with two attached hydrogens (primary N) is 1. The maximum absolute atomic E-state index is 10.3. The van der Waals surface area contributed by atoms with E-state index in [-0.39, 0.29) is 0 Å². The van der Waals surface area contributed by atoms with Crippen molar-refractivity contribution >= 4 is 5.69 Å². The van der Waals surface area contributed by atoms with Crippen LogP contribution in [0.25, 0.3) is 0 Å². The van der Waals surface area contributed by atoms with Crippen LogP contribution < -0.4 is 5.73 Å². The molecule has 112 valence electrons. The summed E-state index contributed by atoms with van der Waals surface area (Å²) in [6, 6.07) is 8.19. The molecule has 0 saturated carbocycles. The van der Waals surface area contributed by atoms with Crippen LogP contribution in [0.5, 0.6) is 0 Å². The number of likely N-dealkylation sites (N-methyl/N-ethyl adjacent to an activating group) is 2. The zero-order valence-corrected chi connectivity index (χ0v) is 12.6. The number of aliphatic hydroxyl groups is 1. The summed E-state index contributed by atoms with van der Waals surface area (Å²) < 4.78 is 0. The zero-order chi connectivity index (χ0) is 14.5. The first-order valence-electron chi connectivity index (χ1n) is 7.57. The number of rotatable bonds is 6. The van der Waals surface area contributed by atoms with Gasteiger partial charge in [0.05, 0.1) is 6.10 Å². The molecule has 1 fully saturated rings. The van der Waals surface area contributed by atoms with E-state index in [0.29, 0.717) is 18.3 Å². The maximum atomic E-state index is 10.3. The fourth-order valence-electron chi connectivity index (χ4n) is 3.16. The van der Waals surface area contributed by atoms with Crippen LogP contribution in [0.3, 0.4) is 0 Å². The van der Waals surface area contributed by atoms with Gasteiger partial charge in [0, 0.05) is 30.4 Å². The highest BCUT2D eigenvalue weighted by atomic mass is 16.3. The van der Waals surface area contributed by atoms with Crippen LogP contribution in [0.15, 0.2) is 24.3 Å². The number of benzene rings is 1. The molecule has 2 rings (SSSR count). The van der Waals surface area contributed by atoms with Crippen molar-refractivity contribution in [2.24, 2.45) is 0 Å². The topological polar surface area (TPSA) is 52.7 Å². The van der Waals surface area contributed by atoms with Crippen molar-refractivity contribution in [2.45, 2.75) is 31.9 Å². The maximum Gasteiger partial charge on any atom is 0.0936 e. The van der Waals surface area contributed by atoms with Gasteiger partial charge in [0.25, 0.3) is 0 Å². The molecule has 4 nitrogen and oxygen atoms in total. The smallest absolute Gasteiger partial charge is 0.0936 e. The van der Waals surface area contributed by atoms with E-state index in [4.69, 9.17) is 5.73 Å². The fourth-order valence-corrected chi connectivity index (χ4v) is 3.16. The zero-order valence-electron chi connectivity index (χ0n) is 12.6. The summed E-state index contributed by atoms with van der Waals surface area (Å²) in [5, 5.41) is 10.3. The quantitative estimate of drug-likeness (QED) is 0.777. The third-order valence-corrected chi connectivity index (χ3v) is 4.27. The number of para-hydroxylation sites is 1. The predicted octanol–water partition coefficient (Wildman–Crippen LogP) is 1.72. The molecule has 4 heteroatoms. The predicted molar refractivity (Wildman–Crippen MR) is 83.6 cm³/mol. The van der Waals surface area contributed by atoms with Crippen LogP contribution in [0, 0.1) is 0 Å². The molecule has 1 aliphatic rings. The molecule has 1 aromatic carbocycles. The highest BCUT2D eigenvalue weighted by molar-refractivity contribution is 5.47. The number of anilines is 1. The third kappa shape index (κ3) is 3.72. The third-order valence-electron chi connectivity index (χ3n) is 4.27. The Hall–Kier alpha value is -1.10. The number of likely N-dealkylation sites (tertiary alicyclic amines) is 1. The Bertz CT molecular complexity index is 424. The first kappa shape index (κ1) is 15.3. The van der Waals surface area contributed by atoms with Crippen molar-refractivity contribution in [3.63, 3.8) is 0 Å². The Morgan fingerprint density at radius 2 is 2.20 bits per heavy atom. The van der Waals surface area contributed by atoms with Gasteiger partial charge in [0.1, 0.15) is 0 Å². The molecule has 1 aromatic rings. The van der Waals surface area contributed by atoms with Crippen molar-refractivity contribution in [3.05, 3.63) is 29.8 Å². The second kappa shape index (κ2) is 7.07. The first-order valence-corrected chi connectivity index (χ1v) is 7.57. The molecule has 0 radical (unpaired) electrons. The summed E-state index contributed by atoms with van der Waals surface area (Å²) in [6.45, 7) is 6.19. The number of nitrogens with zero attached hydrogens (tertiary/aromatic N) is 2. The summed E-state index contributed by atoms with van der Waals surface area (Å²) in [6.07, 6.45) is 2.04. The van der Waals surface area contributed by atoms with Gasteiger partial charge in [0.15, 0.2) is 0 Å². The number of aliphatic hydroxyl groups excluding tert-OH is 1. The molecule has 1 aliphatic heterocycles. The Morgan fingerprint density at radius 3 is 2.90 bits per heavy atom. The minimum atomic E-state index is -0.516. The lowest BCUT2D eigenvalue weighted by Crippen LogP contribution is -2.40. The minimum absolute atomic E-state index is 0.516. The van der Waals surface area contributed by atoms with E-state index in [1.807, 2.05) is 24.3 Å². The van der Waals surface area contributed by atoms with E-state index < -0.39 is 6.10 Å². The van der Waals surface area contributed by atoms with Crippen LogP contribution in [0.2, 0.25) is 0 Å². The van der Waals surface area contributed by atoms with Crippen molar-refractivity contribution in [1.29, 1.82) is 0 Å². The summed E-state index contributed by atoms with van der Waals surface area (Å²) >= 11 is 0. The number of nitrogen functional groups attached to an aromatic ring is 1. The van der Waals surface area contributed by atoms with E-state index in [1.54, 1.807) is 0 Å². The molecular formula is C16H27N3O. The molecule has 0 amide bonds. The molecule has 0 aromatic heterocycles. The lowest BCUT2D eigenvalue weighted by atomic mass is 10.1. The second-order valence-corrected chi connectivity index (χ2v) is 5.79. The fraction of sp³-hybridized carbons (Fsp3) is 0.625. The summed E-state index contributed by atoms with van der Waals surface area (Å²) in [7, 11) is 2.08. The molecule has 1 heterocycles. The molecule has 0 bridgehead atoms. The number of hydrogen-bond acceptors (Lipinski definition) is 4. The molecule has 1 saturated heterocycles. The minimum Gasteiger partial charge on any atom is -0.398 e. The Balaban J connectivity index is 1.88.